The lowest BCUT2D eigenvalue weighted by molar-refractivity contribution is -0.119. The van der Waals surface area contributed by atoms with Crippen molar-refractivity contribution in [3.8, 4) is 0 Å². The molecule has 1 amide bonds. The first kappa shape index (κ1) is 20.7. The molecule has 1 aromatic carbocycles. The number of allylic oxidation sites excluding steroid dienone is 1. The molecule has 0 radical (unpaired) electrons. The third-order valence-electron chi connectivity index (χ3n) is 4.79. The van der Waals surface area contributed by atoms with E-state index in [0.717, 1.165) is 36.9 Å². The maximum atomic E-state index is 12.6. The molecule has 0 spiro atoms. The van der Waals surface area contributed by atoms with Crippen LogP contribution in [-0.2, 0) is 9.59 Å². The average molecular weight is 411 g/mol. The van der Waals surface area contributed by atoms with E-state index < -0.39 is 0 Å². The highest BCUT2D eigenvalue weighted by molar-refractivity contribution is 6.30. The van der Waals surface area contributed by atoms with Crippen molar-refractivity contribution in [2.24, 2.45) is 5.10 Å². The normalized spacial score (nSPS) is 15.2. The zero-order valence-electron chi connectivity index (χ0n) is 16.2. The zero-order valence-corrected chi connectivity index (χ0v) is 17.0. The summed E-state index contributed by atoms with van der Waals surface area (Å²) >= 11 is 6.00. The molecular weight excluding hydrogens is 388 g/mol. The van der Waals surface area contributed by atoms with E-state index in [4.69, 9.17) is 11.6 Å². The molecule has 3 rings (SSSR count). The van der Waals surface area contributed by atoms with Crippen LogP contribution in [0.25, 0.3) is 0 Å². The summed E-state index contributed by atoms with van der Waals surface area (Å²) in [5.74, 6) is -0.377. The van der Waals surface area contributed by atoms with Crippen LogP contribution in [0.2, 0.25) is 5.02 Å². The maximum absolute atomic E-state index is 12.6. The van der Waals surface area contributed by atoms with Gasteiger partial charge < -0.3 is 5.32 Å². The van der Waals surface area contributed by atoms with Gasteiger partial charge in [0.1, 0.15) is 0 Å². The molecule has 1 aliphatic carbocycles. The number of benzene rings is 1. The molecule has 6 nitrogen and oxygen atoms in total. The number of carbonyl (C=O) groups excluding carboxylic acids is 2. The van der Waals surface area contributed by atoms with Gasteiger partial charge in [-0.3, -0.25) is 19.6 Å². The van der Waals surface area contributed by atoms with Crippen molar-refractivity contribution in [2.45, 2.75) is 31.7 Å². The molecule has 1 N–H and O–H groups in total. The lowest BCUT2D eigenvalue weighted by atomic mass is 10.1. The van der Waals surface area contributed by atoms with E-state index in [1.807, 2.05) is 12.1 Å². The largest absolute Gasteiger partial charge is 0.349 e. The molecule has 1 heterocycles. The number of hydrazone groups is 1. The van der Waals surface area contributed by atoms with Crippen molar-refractivity contribution in [3.63, 3.8) is 0 Å². The Morgan fingerprint density at radius 2 is 1.97 bits per heavy atom. The molecule has 0 aliphatic heterocycles. The molecule has 0 bridgehead atoms. The van der Waals surface area contributed by atoms with Crippen LogP contribution in [-0.4, -0.2) is 36.0 Å². The summed E-state index contributed by atoms with van der Waals surface area (Å²) in [5, 5.41) is 9.78. The smallest absolute Gasteiger partial charge is 0.254 e. The minimum absolute atomic E-state index is 0.0326. The van der Waals surface area contributed by atoms with Gasteiger partial charge in [0.25, 0.3) is 5.91 Å². The number of amides is 1. The number of rotatable bonds is 7. The Morgan fingerprint density at radius 3 is 2.59 bits per heavy atom. The number of nitrogens with zero attached hydrogens (tertiary/aromatic N) is 3. The highest BCUT2D eigenvalue weighted by atomic mass is 35.5. The number of nitrogens with one attached hydrogen (secondary N) is 1. The van der Waals surface area contributed by atoms with Crippen LogP contribution in [0, 0.1) is 0 Å². The minimum atomic E-state index is -0.377. The number of hydrogen-bond donors (Lipinski definition) is 1. The lowest BCUT2D eigenvalue weighted by Gasteiger charge is -2.15. The molecule has 2 aromatic rings. The van der Waals surface area contributed by atoms with E-state index in [-0.39, 0.29) is 17.5 Å². The number of carbonyl (C=O) groups is 2. The number of halogens is 1. The summed E-state index contributed by atoms with van der Waals surface area (Å²) in [6, 6.07) is 10.9. The summed E-state index contributed by atoms with van der Waals surface area (Å²) in [5.41, 5.74) is 2.01. The van der Waals surface area contributed by atoms with Gasteiger partial charge >= 0.3 is 0 Å². The SMILES string of the molecule is CN(/N=C(\C=C(/C=O)C(=O)NC1CCCC1)c1ccc(Cl)cc1)c1cccnc1. The molecule has 0 atom stereocenters. The van der Waals surface area contributed by atoms with Crippen molar-refractivity contribution in [3.05, 3.63) is 71.0 Å². The maximum Gasteiger partial charge on any atom is 0.254 e. The second-order valence-corrected chi connectivity index (χ2v) is 7.34. The lowest BCUT2D eigenvalue weighted by Crippen LogP contribution is -2.34. The number of hydrogen-bond acceptors (Lipinski definition) is 5. The number of aldehydes is 1. The fourth-order valence-corrected chi connectivity index (χ4v) is 3.32. The van der Waals surface area contributed by atoms with Crippen molar-refractivity contribution in [2.75, 3.05) is 12.1 Å². The molecule has 150 valence electrons. The van der Waals surface area contributed by atoms with Gasteiger partial charge in [-0.05, 0) is 43.2 Å². The van der Waals surface area contributed by atoms with E-state index in [1.165, 1.54) is 6.08 Å². The summed E-state index contributed by atoms with van der Waals surface area (Å²) in [6.07, 6.45) is 9.52. The van der Waals surface area contributed by atoms with Gasteiger partial charge in [-0.1, -0.05) is 36.6 Å². The second kappa shape index (κ2) is 9.98. The van der Waals surface area contributed by atoms with Gasteiger partial charge in [-0.2, -0.15) is 5.10 Å². The Bertz CT molecular complexity index is 904. The van der Waals surface area contributed by atoms with Gasteiger partial charge in [0.15, 0.2) is 6.29 Å². The molecule has 29 heavy (non-hydrogen) atoms. The van der Waals surface area contributed by atoms with Crippen LogP contribution < -0.4 is 10.3 Å². The molecule has 0 saturated heterocycles. The van der Waals surface area contributed by atoms with Crippen molar-refractivity contribution in [1.29, 1.82) is 0 Å². The van der Waals surface area contributed by atoms with Crippen molar-refractivity contribution < 1.29 is 9.59 Å². The molecule has 1 fully saturated rings. The highest BCUT2D eigenvalue weighted by Gasteiger charge is 2.20. The topological polar surface area (TPSA) is 74.7 Å². The fourth-order valence-electron chi connectivity index (χ4n) is 3.19. The van der Waals surface area contributed by atoms with E-state index in [0.29, 0.717) is 17.0 Å². The summed E-state index contributed by atoms with van der Waals surface area (Å²) in [4.78, 5) is 28.4. The van der Waals surface area contributed by atoms with Crippen LogP contribution in [0.3, 0.4) is 0 Å². The Labute approximate surface area is 175 Å². The molecule has 1 aromatic heterocycles. The monoisotopic (exact) mass is 410 g/mol. The minimum Gasteiger partial charge on any atom is -0.349 e. The summed E-state index contributed by atoms with van der Waals surface area (Å²) in [7, 11) is 1.78. The average Bonchev–Trinajstić information content (AvgIpc) is 3.25. The Morgan fingerprint density at radius 1 is 1.24 bits per heavy atom. The van der Waals surface area contributed by atoms with Gasteiger partial charge in [-0.25, -0.2) is 0 Å². The molecule has 1 aliphatic rings. The standard InChI is InChI=1S/C22H23ClN4O2/c1-27(20-7-4-12-24-14-20)26-21(16-8-10-18(23)11-9-16)13-17(15-28)22(29)25-19-5-2-3-6-19/h4,7-15,19H,2-3,5-6H2,1H3,(H,25,29)/b17-13+,26-21+. The predicted molar refractivity (Wildman–Crippen MR) is 115 cm³/mol. The third-order valence-corrected chi connectivity index (χ3v) is 5.04. The van der Waals surface area contributed by atoms with Gasteiger partial charge in [0, 0.05) is 29.9 Å². The van der Waals surface area contributed by atoms with Crippen molar-refractivity contribution in [1.82, 2.24) is 10.3 Å². The van der Waals surface area contributed by atoms with Crippen molar-refractivity contribution >= 4 is 35.2 Å². The first-order valence-electron chi connectivity index (χ1n) is 9.53. The fraction of sp³-hybridized carbons (Fsp3) is 0.273. The number of anilines is 1. The van der Waals surface area contributed by atoms with Crippen LogP contribution in [0.5, 0.6) is 0 Å². The first-order valence-corrected chi connectivity index (χ1v) is 9.90. The van der Waals surface area contributed by atoms with E-state index in [1.54, 1.807) is 48.7 Å². The predicted octanol–water partition coefficient (Wildman–Crippen LogP) is 3.76. The molecule has 0 unspecified atom stereocenters. The second-order valence-electron chi connectivity index (χ2n) is 6.90. The summed E-state index contributed by atoms with van der Waals surface area (Å²) < 4.78 is 0. The molecular formula is C22H23ClN4O2. The van der Waals surface area contributed by atoms with Crippen LogP contribution >= 0.6 is 11.6 Å². The number of aromatic nitrogens is 1. The van der Waals surface area contributed by atoms with Gasteiger partial charge in [-0.15, -0.1) is 0 Å². The van der Waals surface area contributed by atoms with Crippen LogP contribution in [0.15, 0.2) is 65.5 Å². The number of pyridine rings is 1. The zero-order chi connectivity index (χ0) is 20.6. The van der Waals surface area contributed by atoms with E-state index in [9.17, 15) is 9.59 Å². The first-order chi connectivity index (χ1) is 14.1. The van der Waals surface area contributed by atoms with Crippen LogP contribution in [0.1, 0.15) is 31.2 Å². The Balaban J connectivity index is 1.93. The molecule has 1 saturated carbocycles. The van der Waals surface area contributed by atoms with Crippen LogP contribution in [0.4, 0.5) is 5.69 Å². The van der Waals surface area contributed by atoms with E-state index >= 15 is 0 Å². The van der Waals surface area contributed by atoms with Gasteiger partial charge in [0.2, 0.25) is 0 Å². The Hall–Kier alpha value is -2.99. The Kier molecular flexibility index (Phi) is 7.14. The summed E-state index contributed by atoms with van der Waals surface area (Å²) in [6.45, 7) is 0. The highest BCUT2D eigenvalue weighted by Crippen LogP contribution is 2.18. The van der Waals surface area contributed by atoms with E-state index in [2.05, 4.69) is 15.4 Å². The third kappa shape index (κ3) is 5.74. The molecule has 7 heteroatoms. The quantitative estimate of drug-likeness (QED) is 0.188. The van der Waals surface area contributed by atoms with Gasteiger partial charge in [0.05, 0.1) is 23.2 Å².